The van der Waals surface area contributed by atoms with Crippen molar-refractivity contribution in [3.63, 3.8) is 0 Å². The van der Waals surface area contributed by atoms with Crippen molar-refractivity contribution in [3.8, 4) is 0 Å². The smallest absolute Gasteiger partial charge is 0.277 e. The number of hydrogen-bond donors (Lipinski definition) is 1. The second-order valence-electron chi connectivity index (χ2n) is 6.38. The molecular formula is C19H17N5O2S. The summed E-state index contributed by atoms with van der Waals surface area (Å²) in [6.45, 7) is 4.20. The maximum Gasteiger partial charge on any atom is 0.277 e. The number of nitrogens with one attached hydrogen (secondary N) is 1. The summed E-state index contributed by atoms with van der Waals surface area (Å²) in [5.74, 6) is -0.217. The van der Waals surface area contributed by atoms with E-state index in [0.717, 1.165) is 21.3 Å². The van der Waals surface area contributed by atoms with Gasteiger partial charge in [-0.25, -0.2) is 9.67 Å². The van der Waals surface area contributed by atoms with E-state index in [1.54, 1.807) is 24.3 Å². The van der Waals surface area contributed by atoms with Gasteiger partial charge in [-0.3, -0.25) is 9.59 Å². The minimum absolute atomic E-state index is 0.112. The lowest BCUT2D eigenvalue weighted by atomic mass is 10.1. The van der Waals surface area contributed by atoms with Crippen LogP contribution in [0.1, 0.15) is 17.5 Å². The molecule has 1 N–H and O–H groups in total. The Balaban J connectivity index is 1.48. The van der Waals surface area contributed by atoms with Gasteiger partial charge in [-0.2, -0.15) is 0 Å². The molecule has 0 aliphatic rings. The minimum Gasteiger partial charge on any atom is -0.302 e. The van der Waals surface area contributed by atoms with Gasteiger partial charge in [-0.1, -0.05) is 34.7 Å². The van der Waals surface area contributed by atoms with Crippen molar-refractivity contribution in [3.05, 3.63) is 57.9 Å². The Morgan fingerprint density at radius 3 is 2.89 bits per heavy atom. The molecule has 0 spiro atoms. The summed E-state index contributed by atoms with van der Waals surface area (Å²) in [6, 6.07) is 11.1. The highest BCUT2D eigenvalue weighted by Gasteiger charge is 2.11. The molecule has 0 aliphatic carbocycles. The zero-order valence-corrected chi connectivity index (χ0v) is 15.7. The Hall–Kier alpha value is -3.13. The number of fused-ring (bicyclic) bond motifs is 2. The molecule has 2 aromatic carbocycles. The lowest BCUT2D eigenvalue weighted by Gasteiger charge is -2.04. The van der Waals surface area contributed by atoms with Crippen molar-refractivity contribution in [2.24, 2.45) is 0 Å². The van der Waals surface area contributed by atoms with E-state index in [1.165, 1.54) is 16.0 Å². The molecule has 8 heteroatoms. The third-order valence-corrected chi connectivity index (χ3v) is 5.17. The van der Waals surface area contributed by atoms with Gasteiger partial charge in [0.05, 0.1) is 22.1 Å². The van der Waals surface area contributed by atoms with Crippen LogP contribution in [0.25, 0.3) is 21.1 Å². The number of benzene rings is 2. The highest BCUT2D eigenvalue weighted by molar-refractivity contribution is 7.22. The van der Waals surface area contributed by atoms with Crippen molar-refractivity contribution in [2.45, 2.75) is 26.8 Å². The van der Waals surface area contributed by atoms with Gasteiger partial charge in [0, 0.05) is 6.42 Å². The number of carbonyl (C=O) groups excluding carboxylic acids is 1. The van der Waals surface area contributed by atoms with Crippen LogP contribution in [0.5, 0.6) is 0 Å². The summed E-state index contributed by atoms with van der Waals surface area (Å²) in [6.07, 6.45) is 0.112. The molecule has 0 bridgehead atoms. The van der Waals surface area contributed by atoms with Gasteiger partial charge in [0.1, 0.15) is 5.52 Å². The third kappa shape index (κ3) is 3.43. The van der Waals surface area contributed by atoms with Crippen LogP contribution < -0.4 is 10.9 Å². The Kier molecular flexibility index (Phi) is 4.41. The van der Waals surface area contributed by atoms with Crippen LogP contribution in [-0.2, 0) is 11.3 Å². The first kappa shape index (κ1) is 17.3. The van der Waals surface area contributed by atoms with Crippen LogP contribution in [0.2, 0.25) is 0 Å². The molecule has 7 nitrogen and oxygen atoms in total. The summed E-state index contributed by atoms with van der Waals surface area (Å²) in [7, 11) is 0. The molecular weight excluding hydrogens is 362 g/mol. The van der Waals surface area contributed by atoms with Crippen LogP contribution in [-0.4, -0.2) is 25.9 Å². The molecule has 0 radical (unpaired) electrons. The van der Waals surface area contributed by atoms with Gasteiger partial charge >= 0.3 is 0 Å². The molecule has 2 heterocycles. The summed E-state index contributed by atoms with van der Waals surface area (Å²) < 4.78 is 2.26. The largest absolute Gasteiger partial charge is 0.302 e. The van der Waals surface area contributed by atoms with E-state index >= 15 is 0 Å². The van der Waals surface area contributed by atoms with Crippen molar-refractivity contribution >= 4 is 43.5 Å². The first-order valence-electron chi connectivity index (χ1n) is 8.51. The van der Waals surface area contributed by atoms with Gasteiger partial charge in [0.15, 0.2) is 5.13 Å². The topological polar surface area (TPSA) is 89.8 Å². The fourth-order valence-corrected chi connectivity index (χ4v) is 4.04. The Morgan fingerprint density at radius 2 is 2.04 bits per heavy atom. The molecule has 0 fully saturated rings. The zero-order valence-electron chi connectivity index (χ0n) is 14.9. The van der Waals surface area contributed by atoms with Crippen molar-refractivity contribution in [1.29, 1.82) is 0 Å². The SMILES string of the molecule is Cc1cc(C)c2nc(NC(=O)CCn3nnc4ccccc4c3=O)sc2c1. The van der Waals surface area contributed by atoms with Crippen LogP contribution in [0.4, 0.5) is 5.13 Å². The Labute approximate surface area is 158 Å². The zero-order chi connectivity index (χ0) is 19.0. The van der Waals surface area contributed by atoms with Crippen LogP contribution in [0.15, 0.2) is 41.2 Å². The number of carbonyl (C=O) groups is 1. The molecule has 4 aromatic rings. The fourth-order valence-electron chi connectivity index (χ4n) is 2.98. The number of rotatable bonds is 4. The summed E-state index contributed by atoms with van der Waals surface area (Å²) >= 11 is 1.44. The van der Waals surface area contributed by atoms with Crippen LogP contribution in [0.3, 0.4) is 0 Å². The number of aryl methyl sites for hydroxylation is 3. The monoisotopic (exact) mass is 379 g/mol. The lowest BCUT2D eigenvalue weighted by molar-refractivity contribution is -0.116. The van der Waals surface area contributed by atoms with Gasteiger partial charge in [-0.15, -0.1) is 5.10 Å². The van der Waals surface area contributed by atoms with Gasteiger partial charge in [-0.05, 0) is 43.2 Å². The molecule has 0 saturated carbocycles. The Morgan fingerprint density at radius 1 is 1.22 bits per heavy atom. The van der Waals surface area contributed by atoms with E-state index in [4.69, 9.17) is 0 Å². The first-order chi connectivity index (χ1) is 13.0. The number of amides is 1. The van der Waals surface area contributed by atoms with Gasteiger partial charge < -0.3 is 5.32 Å². The maximum absolute atomic E-state index is 12.4. The van der Waals surface area contributed by atoms with E-state index in [2.05, 4.69) is 32.7 Å². The summed E-state index contributed by atoms with van der Waals surface area (Å²) in [5.41, 5.74) is 3.44. The molecule has 1 amide bonds. The first-order valence-corrected chi connectivity index (χ1v) is 9.33. The highest BCUT2D eigenvalue weighted by Crippen LogP contribution is 2.29. The number of hydrogen-bond acceptors (Lipinski definition) is 6. The molecule has 0 aliphatic heterocycles. The molecule has 4 rings (SSSR count). The molecule has 0 saturated heterocycles. The maximum atomic E-state index is 12.4. The minimum atomic E-state index is -0.250. The second kappa shape index (κ2) is 6.88. The molecule has 136 valence electrons. The standard InChI is InChI=1S/C19H17N5O2S/c1-11-9-12(2)17-15(10-11)27-19(21-17)20-16(25)7-8-24-18(26)13-5-3-4-6-14(13)22-23-24/h3-6,9-10H,7-8H2,1-2H3,(H,20,21,25). The fraction of sp³-hybridized carbons (Fsp3) is 0.211. The quantitative estimate of drug-likeness (QED) is 0.589. The number of nitrogens with zero attached hydrogens (tertiary/aromatic N) is 4. The van der Waals surface area contributed by atoms with E-state index < -0.39 is 0 Å². The van der Waals surface area contributed by atoms with Crippen molar-refractivity contribution in [2.75, 3.05) is 5.32 Å². The van der Waals surface area contributed by atoms with Gasteiger partial charge in [0.25, 0.3) is 5.56 Å². The molecule has 0 unspecified atom stereocenters. The normalized spacial score (nSPS) is 11.2. The van der Waals surface area contributed by atoms with Crippen LogP contribution >= 0.6 is 11.3 Å². The molecule has 0 atom stereocenters. The van der Waals surface area contributed by atoms with Gasteiger partial charge in [0.2, 0.25) is 5.91 Å². The second-order valence-corrected chi connectivity index (χ2v) is 7.41. The summed E-state index contributed by atoms with van der Waals surface area (Å²) in [5, 5.41) is 11.8. The van der Waals surface area contributed by atoms with E-state index in [9.17, 15) is 9.59 Å². The van der Waals surface area contributed by atoms with E-state index in [-0.39, 0.29) is 24.4 Å². The van der Waals surface area contributed by atoms with Crippen LogP contribution in [0, 0.1) is 13.8 Å². The molecule has 2 aromatic heterocycles. The summed E-state index contributed by atoms with van der Waals surface area (Å²) in [4.78, 5) is 29.2. The molecule has 27 heavy (non-hydrogen) atoms. The van der Waals surface area contributed by atoms with Crippen molar-refractivity contribution in [1.82, 2.24) is 20.0 Å². The number of thiazole rings is 1. The predicted molar refractivity (Wildman–Crippen MR) is 106 cm³/mol. The van der Waals surface area contributed by atoms with E-state index in [1.807, 2.05) is 13.8 Å². The predicted octanol–water partition coefficient (Wildman–Crippen LogP) is 3.05. The highest BCUT2D eigenvalue weighted by atomic mass is 32.1. The average Bonchev–Trinajstić information content (AvgIpc) is 3.04. The third-order valence-electron chi connectivity index (χ3n) is 4.26. The number of aromatic nitrogens is 4. The number of anilines is 1. The lowest BCUT2D eigenvalue weighted by Crippen LogP contribution is -2.26. The van der Waals surface area contributed by atoms with Crippen molar-refractivity contribution < 1.29 is 4.79 Å². The van der Waals surface area contributed by atoms with E-state index in [0.29, 0.717) is 16.0 Å². The average molecular weight is 379 g/mol. The Bertz CT molecular complexity index is 1230.